The minimum atomic E-state index is -4.34. The highest BCUT2D eigenvalue weighted by Gasteiger charge is 2.35. The highest BCUT2D eigenvalue weighted by Crippen LogP contribution is 2.33. The molecule has 0 saturated heterocycles. The maximum atomic E-state index is 12.1. The van der Waals surface area contributed by atoms with Gasteiger partial charge in [0, 0.05) is 19.0 Å². The SMILES string of the molecule is CCN(CC(F)(F)F)C(=O)CC(N)C1CC1. The Morgan fingerprint density at radius 2 is 2.06 bits per heavy atom. The van der Waals surface area contributed by atoms with Gasteiger partial charge in [0.05, 0.1) is 0 Å². The monoisotopic (exact) mass is 238 g/mol. The van der Waals surface area contributed by atoms with Gasteiger partial charge in [0.2, 0.25) is 5.91 Å². The van der Waals surface area contributed by atoms with Gasteiger partial charge in [0.15, 0.2) is 0 Å². The summed E-state index contributed by atoms with van der Waals surface area (Å²) in [7, 11) is 0. The second kappa shape index (κ2) is 5.03. The molecule has 16 heavy (non-hydrogen) atoms. The van der Waals surface area contributed by atoms with Crippen LogP contribution in [-0.4, -0.2) is 36.1 Å². The van der Waals surface area contributed by atoms with E-state index in [-0.39, 0.29) is 19.0 Å². The van der Waals surface area contributed by atoms with E-state index in [1.54, 1.807) is 0 Å². The van der Waals surface area contributed by atoms with E-state index in [0.717, 1.165) is 17.7 Å². The number of carbonyl (C=O) groups is 1. The molecule has 1 atom stereocenters. The van der Waals surface area contributed by atoms with Crippen LogP contribution < -0.4 is 5.73 Å². The molecule has 1 saturated carbocycles. The first kappa shape index (κ1) is 13.3. The molecule has 1 fully saturated rings. The van der Waals surface area contributed by atoms with E-state index in [4.69, 9.17) is 5.73 Å². The van der Waals surface area contributed by atoms with Crippen LogP contribution >= 0.6 is 0 Å². The van der Waals surface area contributed by atoms with Gasteiger partial charge in [-0.2, -0.15) is 13.2 Å². The van der Waals surface area contributed by atoms with Crippen LogP contribution in [0, 0.1) is 5.92 Å². The van der Waals surface area contributed by atoms with Crippen LogP contribution in [0.2, 0.25) is 0 Å². The van der Waals surface area contributed by atoms with Crippen molar-refractivity contribution in [2.24, 2.45) is 11.7 Å². The molecule has 1 rings (SSSR count). The molecular weight excluding hydrogens is 221 g/mol. The number of halogens is 3. The van der Waals surface area contributed by atoms with Crippen LogP contribution in [-0.2, 0) is 4.79 Å². The standard InChI is InChI=1S/C10H17F3N2O/c1-2-15(6-10(11,12)13)9(16)5-8(14)7-3-4-7/h7-8H,2-6,14H2,1H3. The first-order chi connectivity index (χ1) is 7.33. The maximum absolute atomic E-state index is 12.1. The van der Waals surface area contributed by atoms with Crippen LogP contribution in [0.1, 0.15) is 26.2 Å². The normalized spacial score (nSPS) is 18.3. The van der Waals surface area contributed by atoms with E-state index >= 15 is 0 Å². The second-order valence-corrected chi connectivity index (χ2v) is 4.23. The maximum Gasteiger partial charge on any atom is 0.406 e. The van der Waals surface area contributed by atoms with E-state index in [2.05, 4.69) is 0 Å². The zero-order valence-electron chi connectivity index (χ0n) is 9.26. The summed E-state index contributed by atoms with van der Waals surface area (Å²) in [5.74, 6) is -0.173. The largest absolute Gasteiger partial charge is 0.406 e. The van der Waals surface area contributed by atoms with Crippen LogP contribution in [0.3, 0.4) is 0 Å². The van der Waals surface area contributed by atoms with Gasteiger partial charge in [-0.1, -0.05) is 0 Å². The zero-order chi connectivity index (χ0) is 12.3. The molecule has 0 radical (unpaired) electrons. The van der Waals surface area contributed by atoms with E-state index in [1.165, 1.54) is 6.92 Å². The third kappa shape index (κ3) is 4.38. The summed E-state index contributed by atoms with van der Waals surface area (Å²) in [6.07, 6.45) is -2.34. The van der Waals surface area contributed by atoms with Gasteiger partial charge >= 0.3 is 6.18 Å². The number of alkyl halides is 3. The van der Waals surface area contributed by atoms with Gasteiger partial charge in [-0.05, 0) is 25.7 Å². The fourth-order valence-electron chi connectivity index (χ4n) is 1.61. The van der Waals surface area contributed by atoms with Gasteiger partial charge in [-0.25, -0.2) is 0 Å². The van der Waals surface area contributed by atoms with Crippen LogP contribution in [0.25, 0.3) is 0 Å². The summed E-state index contributed by atoms with van der Waals surface area (Å²) in [4.78, 5) is 12.3. The average Bonchev–Trinajstić information content (AvgIpc) is 2.95. The highest BCUT2D eigenvalue weighted by atomic mass is 19.4. The van der Waals surface area contributed by atoms with E-state index in [0.29, 0.717) is 5.92 Å². The zero-order valence-corrected chi connectivity index (χ0v) is 9.26. The molecule has 0 aromatic rings. The van der Waals surface area contributed by atoms with Gasteiger partial charge in [0.25, 0.3) is 0 Å². The molecule has 0 spiro atoms. The van der Waals surface area contributed by atoms with Gasteiger partial charge in [0.1, 0.15) is 6.54 Å². The lowest BCUT2D eigenvalue weighted by Crippen LogP contribution is -2.41. The van der Waals surface area contributed by atoms with Crippen molar-refractivity contribution in [3.05, 3.63) is 0 Å². The molecule has 94 valence electrons. The molecule has 2 N–H and O–H groups in total. The Labute approximate surface area is 92.8 Å². The van der Waals surface area contributed by atoms with Crippen molar-refractivity contribution in [1.82, 2.24) is 4.90 Å². The predicted molar refractivity (Wildman–Crippen MR) is 53.6 cm³/mol. The summed E-state index contributed by atoms with van der Waals surface area (Å²) in [5, 5.41) is 0. The molecule has 3 nitrogen and oxygen atoms in total. The van der Waals surface area contributed by atoms with Crippen LogP contribution in [0.15, 0.2) is 0 Å². The molecule has 0 bridgehead atoms. The van der Waals surface area contributed by atoms with Crippen molar-refractivity contribution in [3.8, 4) is 0 Å². The van der Waals surface area contributed by atoms with Crippen molar-refractivity contribution in [2.45, 2.75) is 38.4 Å². The lowest BCUT2D eigenvalue weighted by molar-refractivity contribution is -0.161. The molecule has 1 amide bonds. The van der Waals surface area contributed by atoms with Crippen LogP contribution in [0.5, 0.6) is 0 Å². The molecule has 1 aliphatic carbocycles. The van der Waals surface area contributed by atoms with Crippen molar-refractivity contribution in [1.29, 1.82) is 0 Å². The number of nitrogens with zero attached hydrogens (tertiary/aromatic N) is 1. The van der Waals surface area contributed by atoms with Gasteiger partial charge in [-0.15, -0.1) is 0 Å². The summed E-state index contributed by atoms with van der Waals surface area (Å²) in [6.45, 7) is 0.418. The molecule has 0 aromatic carbocycles. The highest BCUT2D eigenvalue weighted by molar-refractivity contribution is 5.76. The fourth-order valence-corrected chi connectivity index (χ4v) is 1.61. The quantitative estimate of drug-likeness (QED) is 0.789. The fraction of sp³-hybridized carbons (Fsp3) is 0.900. The van der Waals surface area contributed by atoms with Gasteiger partial charge < -0.3 is 10.6 Å². The number of amides is 1. The number of rotatable bonds is 5. The molecule has 0 aromatic heterocycles. The van der Waals surface area contributed by atoms with Crippen molar-refractivity contribution >= 4 is 5.91 Å². The first-order valence-electron chi connectivity index (χ1n) is 5.43. The molecule has 1 aliphatic rings. The molecule has 0 aliphatic heterocycles. The Hall–Kier alpha value is -0.780. The molecule has 1 unspecified atom stereocenters. The summed E-state index contributed by atoms with van der Waals surface area (Å²) in [5.41, 5.74) is 5.71. The van der Waals surface area contributed by atoms with E-state index < -0.39 is 18.6 Å². The number of hydrogen-bond donors (Lipinski definition) is 1. The number of nitrogens with two attached hydrogens (primary N) is 1. The molecule has 6 heteroatoms. The second-order valence-electron chi connectivity index (χ2n) is 4.23. The third-order valence-corrected chi connectivity index (χ3v) is 2.74. The van der Waals surface area contributed by atoms with Crippen molar-refractivity contribution in [3.63, 3.8) is 0 Å². The van der Waals surface area contributed by atoms with Crippen LogP contribution in [0.4, 0.5) is 13.2 Å². The van der Waals surface area contributed by atoms with E-state index in [9.17, 15) is 18.0 Å². The molecule has 0 heterocycles. The third-order valence-electron chi connectivity index (χ3n) is 2.74. The Bertz CT molecular complexity index is 251. The number of hydrogen-bond acceptors (Lipinski definition) is 2. The Morgan fingerprint density at radius 1 is 1.50 bits per heavy atom. The minimum Gasteiger partial charge on any atom is -0.334 e. The minimum absolute atomic E-state index is 0.0224. The summed E-state index contributed by atoms with van der Waals surface area (Å²) < 4.78 is 36.4. The lowest BCUT2D eigenvalue weighted by atomic mass is 10.1. The molecular formula is C10H17F3N2O. The van der Waals surface area contributed by atoms with Crippen molar-refractivity contribution < 1.29 is 18.0 Å². The summed E-state index contributed by atoms with van der Waals surface area (Å²) in [6, 6.07) is -0.283. The first-order valence-corrected chi connectivity index (χ1v) is 5.43. The Balaban J connectivity index is 2.42. The summed E-state index contributed by atoms with van der Waals surface area (Å²) >= 11 is 0. The Kier molecular flexibility index (Phi) is 4.18. The number of carbonyl (C=O) groups excluding carboxylic acids is 1. The van der Waals surface area contributed by atoms with Gasteiger partial charge in [-0.3, -0.25) is 4.79 Å². The topological polar surface area (TPSA) is 46.3 Å². The lowest BCUT2D eigenvalue weighted by Gasteiger charge is -2.23. The average molecular weight is 238 g/mol. The van der Waals surface area contributed by atoms with E-state index in [1.807, 2.05) is 0 Å². The predicted octanol–water partition coefficient (Wildman–Crippen LogP) is 1.52. The Morgan fingerprint density at radius 3 is 2.44 bits per heavy atom. The van der Waals surface area contributed by atoms with Crippen molar-refractivity contribution in [2.75, 3.05) is 13.1 Å². The smallest absolute Gasteiger partial charge is 0.334 e.